The second-order valence-corrected chi connectivity index (χ2v) is 6.81. The van der Waals surface area contributed by atoms with Gasteiger partial charge in [0, 0.05) is 23.2 Å². The van der Waals surface area contributed by atoms with E-state index in [0.29, 0.717) is 5.56 Å². The number of hydrogen-bond acceptors (Lipinski definition) is 4. The Balaban J connectivity index is 2.16. The van der Waals surface area contributed by atoms with Crippen LogP contribution in [0.5, 0.6) is 0 Å². The van der Waals surface area contributed by atoms with Crippen LogP contribution in [0.2, 0.25) is 0 Å². The molecule has 2 aromatic carbocycles. The minimum atomic E-state index is -0.685. The van der Waals surface area contributed by atoms with Gasteiger partial charge in [-0.15, -0.1) is 0 Å². The van der Waals surface area contributed by atoms with Crippen LogP contribution < -0.4 is 0 Å². The molecule has 0 atom stereocenters. The lowest BCUT2D eigenvalue weighted by Gasteiger charge is -2.30. The highest BCUT2D eigenvalue weighted by Crippen LogP contribution is 2.16. The molecule has 0 bridgehead atoms. The van der Waals surface area contributed by atoms with Crippen LogP contribution in [0.25, 0.3) is 0 Å². The minimum Gasteiger partial charge on any atom is -0.452 e. The Kier molecular flexibility index (Phi) is 6.88. The van der Waals surface area contributed by atoms with Gasteiger partial charge in [-0.2, -0.15) is 0 Å². The largest absolute Gasteiger partial charge is 0.452 e. The lowest BCUT2D eigenvalue weighted by molar-refractivity contribution is -0.138. The molecule has 2 rings (SSSR count). The number of rotatable bonds is 7. The first-order valence-electron chi connectivity index (χ1n) is 9.00. The van der Waals surface area contributed by atoms with Crippen molar-refractivity contribution in [3.8, 4) is 0 Å². The third-order valence-corrected chi connectivity index (χ3v) is 4.15. The van der Waals surface area contributed by atoms with Crippen molar-refractivity contribution in [2.24, 2.45) is 0 Å². The summed E-state index contributed by atoms with van der Waals surface area (Å²) < 4.78 is 5.22. The van der Waals surface area contributed by atoms with E-state index in [2.05, 4.69) is 0 Å². The smallest absolute Gasteiger partial charge is 0.339 e. The summed E-state index contributed by atoms with van der Waals surface area (Å²) in [5.74, 6) is -1.21. The minimum absolute atomic E-state index is 0.00291. The molecule has 0 saturated heterocycles. The Morgan fingerprint density at radius 2 is 1.33 bits per heavy atom. The molecule has 27 heavy (non-hydrogen) atoms. The summed E-state index contributed by atoms with van der Waals surface area (Å²) in [7, 11) is 0. The van der Waals surface area contributed by atoms with Crippen molar-refractivity contribution in [2.75, 3.05) is 6.61 Å². The topological polar surface area (TPSA) is 63.7 Å². The second-order valence-electron chi connectivity index (χ2n) is 6.81. The van der Waals surface area contributed by atoms with Gasteiger partial charge in [-0.25, -0.2) is 4.79 Å². The van der Waals surface area contributed by atoms with E-state index in [1.165, 1.54) is 6.07 Å². The van der Waals surface area contributed by atoms with Crippen LogP contribution in [0.3, 0.4) is 0 Å². The van der Waals surface area contributed by atoms with Crippen molar-refractivity contribution >= 4 is 17.7 Å². The molecular formula is C22H25NO4. The molecule has 0 saturated carbocycles. The van der Waals surface area contributed by atoms with Crippen molar-refractivity contribution < 1.29 is 19.1 Å². The van der Waals surface area contributed by atoms with Crippen LogP contribution >= 0.6 is 0 Å². The zero-order valence-corrected chi connectivity index (χ0v) is 16.1. The van der Waals surface area contributed by atoms with Gasteiger partial charge in [0.05, 0.1) is 5.56 Å². The Morgan fingerprint density at radius 1 is 0.815 bits per heavy atom. The van der Waals surface area contributed by atoms with Crippen molar-refractivity contribution in [3.05, 3.63) is 71.3 Å². The van der Waals surface area contributed by atoms with E-state index in [-0.39, 0.29) is 41.5 Å². The summed E-state index contributed by atoms with van der Waals surface area (Å²) in [6.07, 6.45) is 0. The van der Waals surface area contributed by atoms with Gasteiger partial charge in [-0.1, -0.05) is 48.5 Å². The SMILES string of the molecule is CC(C)N(C(=O)COC(=O)c1ccccc1C(=O)c1ccccc1)C(C)C. The average molecular weight is 367 g/mol. The van der Waals surface area contributed by atoms with Crippen molar-refractivity contribution in [2.45, 2.75) is 39.8 Å². The lowest BCUT2D eigenvalue weighted by Crippen LogP contribution is -2.44. The third kappa shape index (κ3) is 5.03. The third-order valence-electron chi connectivity index (χ3n) is 4.15. The number of benzene rings is 2. The first-order chi connectivity index (χ1) is 12.8. The Bertz CT molecular complexity index is 804. The zero-order chi connectivity index (χ0) is 20.0. The summed E-state index contributed by atoms with van der Waals surface area (Å²) in [4.78, 5) is 39.3. The van der Waals surface area contributed by atoms with Gasteiger partial charge in [-0.05, 0) is 33.8 Å². The molecule has 5 heteroatoms. The van der Waals surface area contributed by atoms with Crippen LogP contribution in [0.15, 0.2) is 54.6 Å². The quantitative estimate of drug-likeness (QED) is 0.553. The van der Waals surface area contributed by atoms with Crippen LogP contribution in [-0.4, -0.2) is 41.3 Å². The second kappa shape index (κ2) is 9.12. The van der Waals surface area contributed by atoms with Gasteiger partial charge in [0.1, 0.15) is 0 Å². The number of ketones is 1. The number of carbonyl (C=O) groups excluding carboxylic acids is 3. The molecule has 0 aliphatic heterocycles. The van der Waals surface area contributed by atoms with E-state index in [1.54, 1.807) is 47.4 Å². The van der Waals surface area contributed by atoms with E-state index < -0.39 is 5.97 Å². The first-order valence-corrected chi connectivity index (χ1v) is 9.00. The number of carbonyl (C=O) groups is 3. The van der Waals surface area contributed by atoms with E-state index in [4.69, 9.17) is 4.74 Å². The van der Waals surface area contributed by atoms with E-state index >= 15 is 0 Å². The van der Waals surface area contributed by atoms with Gasteiger partial charge in [-0.3, -0.25) is 9.59 Å². The molecule has 0 radical (unpaired) electrons. The molecule has 0 heterocycles. The maximum atomic E-state index is 12.7. The van der Waals surface area contributed by atoms with Gasteiger partial charge < -0.3 is 9.64 Å². The normalized spacial score (nSPS) is 10.7. The van der Waals surface area contributed by atoms with Crippen molar-refractivity contribution in [1.29, 1.82) is 0 Å². The molecule has 0 aliphatic rings. The van der Waals surface area contributed by atoms with Crippen LogP contribution in [-0.2, 0) is 9.53 Å². The number of esters is 1. The molecule has 0 fully saturated rings. The number of hydrogen-bond donors (Lipinski definition) is 0. The predicted octanol–water partition coefficient (Wildman–Crippen LogP) is 3.72. The molecule has 0 aromatic heterocycles. The number of nitrogens with zero attached hydrogens (tertiary/aromatic N) is 1. The Morgan fingerprint density at radius 3 is 1.89 bits per heavy atom. The van der Waals surface area contributed by atoms with Crippen molar-refractivity contribution in [3.63, 3.8) is 0 Å². The van der Waals surface area contributed by atoms with Gasteiger partial charge in [0.15, 0.2) is 12.4 Å². The van der Waals surface area contributed by atoms with Crippen molar-refractivity contribution in [1.82, 2.24) is 4.90 Å². The van der Waals surface area contributed by atoms with Crippen LogP contribution in [0, 0.1) is 0 Å². The zero-order valence-electron chi connectivity index (χ0n) is 16.1. The maximum absolute atomic E-state index is 12.7. The monoisotopic (exact) mass is 367 g/mol. The van der Waals surface area contributed by atoms with E-state index in [0.717, 1.165) is 0 Å². The highest BCUT2D eigenvalue weighted by molar-refractivity contribution is 6.14. The highest BCUT2D eigenvalue weighted by Gasteiger charge is 2.23. The lowest BCUT2D eigenvalue weighted by atomic mass is 9.98. The fourth-order valence-corrected chi connectivity index (χ4v) is 3.06. The molecule has 0 N–H and O–H groups in total. The first kappa shape index (κ1) is 20.4. The van der Waals surface area contributed by atoms with Gasteiger partial charge >= 0.3 is 5.97 Å². The fraction of sp³-hybridized carbons (Fsp3) is 0.318. The van der Waals surface area contributed by atoms with E-state index in [1.807, 2.05) is 33.8 Å². The summed E-state index contributed by atoms with van der Waals surface area (Å²) in [6.45, 7) is 7.28. The average Bonchev–Trinajstić information content (AvgIpc) is 2.65. The highest BCUT2D eigenvalue weighted by atomic mass is 16.5. The molecule has 2 aromatic rings. The molecule has 0 unspecified atom stereocenters. The molecular weight excluding hydrogens is 342 g/mol. The summed E-state index contributed by atoms with van der Waals surface area (Å²) in [5, 5.41) is 0. The number of ether oxygens (including phenoxy) is 1. The molecule has 0 spiro atoms. The summed E-state index contributed by atoms with van der Waals surface area (Å²) >= 11 is 0. The maximum Gasteiger partial charge on any atom is 0.339 e. The Hall–Kier alpha value is -2.95. The Labute approximate surface area is 159 Å². The number of amides is 1. The summed E-state index contributed by atoms with van der Waals surface area (Å²) in [5.41, 5.74) is 0.894. The molecule has 142 valence electrons. The fourth-order valence-electron chi connectivity index (χ4n) is 3.06. The van der Waals surface area contributed by atoms with Crippen LogP contribution in [0.4, 0.5) is 0 Å². The molecule has 0 aliphatic carbocycles. The van der Waals surface area contributed by atoms with Gasteiger partial charge in [0.25, 0.3) is 5.91 Å². The van der Waals surface area contributed by atoms with Gasteiger partial charge in [0.2, 0.25) is 0 Å². The van der Waals surface area contributed by atoms with E-state index in [9.17, 15) is 14.4 Å². The predicted molar refractivity (Wildman–Crippen MR) is 104 cm³/mol. The van der Waals surface area contributed by atoms with Crippen LogP contribution in [0.1, 0.15) is 54.0 Å². The standard InChI is InChI=1S/C22H25NO4/c1-15(2)23(16(3)4)20(24)14-27-22(26)19-13-9-8-12-18(19)21(25)17-10-6-5-7-11-17/h5-13,15-16H,14H2,1-4H3. The molecule has 1 amide bonds. The molecule has 5 nitrogen and oxygen atoms in total. The summed E-state index contributed by atoms with van der Waals surface area (Å²) in [6, 6.07) is 15.2.